The topological polar surface area (TPSA) is 75.1 Å². The first-order valence-electron chi connectivity index (χ1n) is 6.95. The molecule has 2 N–H and O–H groups in total. The summed E-state index contributed by atoms with van der Waals surface area (Å²) in [5, 5.41) is 15.3. The summed E-state index contributed by atoms with van der Waals surface area (Å²) in [6.07, 6.45) is 2.81. The highest BCUT2D eigenvalue weighted by Gasteiger charge is 2.34. The van der Waals surface area contributed by atoms with Crippen molar-refractivity contribution in [1.82, 2.24) is 15.3 Å². The third kappa shape index (κ3) is 3.46. The molecule has 0 aliphatic carbocycles. The molecule has 0 fully saturated rings. The van der Waals surface area contributed by atoms with Crippen LogP contribution in [0.4, 0.5) is 0 Å². The van der Waals surface area contributed by atoms with E-state index in [-0.39, 0.29) is 0 Å². The summed E-state index contributed by atoms with van der Waals surface area (Å²) in [6, 6.07) is 5.70. The van der Waals surface area contributed by atoms with Crippen molar-refractivity contribution in [2.45, 2.75) is 38.8 Å². The van der Waals surface area contributed by atoms with Crippen LogP contribution in [0.5, 0.6) is 0 Å². The Kier molecular flexibility index (Phi) is 5.03. The van der Waals surface area contributed by atoms with E-state index in [1.165, 1.54) is 11.3 Å². The number of aliphatic carboxylic acids is 1. The van der Waals surface area contributed by atoms with Crippen molar-refractivity contribution < 1.29 is 9.90 Å². The summed E-state index contributed by atoms with van der Waals surface area (Å²) in [4.78, 5) is 20.2. The molecule has 6 heteroatoms. The first-order chi connectivity index (χ1) is 10.1. The molecule has 5 nitrogen and oxygen atoms in total. The Labute approximate surface area is 128 Å². The summed E-state index contributed by atoms with van der Waals surface area (Å²) in [5.41, 5.74) is 0.798. The fraction of sp³-hybridized carbons (Fsp3) is 0.400. The van der Waals surface area contributed by atoms with Crippen LogP contribution in [0.25, 0.3) is 10.7 Å². The van der Waals surface area contributed by atoms with Gasteiger partial charge in [-0.05, 0) is 25.0 Å². The standard InChI is InChI=1S/C15H19N3O2S/c1-3-15(4-2,14(19)20)17-9-11-10-21-13(18-11)12-7-5-6-8-16-12/h5-8,10,17H,3-4,9H2,1-2H3,(H,19,20). The minimum Gasteiger partial charge on any atom is -0.480 e. The van der Waals surface area contributed by atoms with Gasteiger partial charge in [0.1, 0.15) is 10.5 Å². The van der Waals surface area contributed by atoms with Crippen LogP contribution < -0.4 is 5.32 Å². The number of carboxylic acids is 1. The first-order valence-corrected chi connectivity index (χ1v) is 7.83. The molecule has 2 rings (SSSR count). The van der Waals surface area contributed by atoms with Gasteiger partial charge in [0.25, 0.3) is 0 Å². The number of hydrogen-bond donors (Lipinski definition) is 2. The fourth-order valence-corrected chi connectivity index (χ4v) is 2.93. The maximum atomic E-state index is 11.4. The Morgan fingerprint density at radius 2 is 2.14 bits per heavy atom. The zero-order chi connectivity index (χ0) is 15.3. The number of rotatable bonds is 7. The summed E-state index contributed by atoms with van der Waals surface area (Å²) >= 11 is 1.52. The lowest BCUT2D eigenvalue weighted by molar-refractivity contribution is -0.145. The third-order valence-corrected chi connectivity index (χ3v) is 4.57. The van der Waals surface area contributed by atoms with Gasteiger partial charge in [-0.25, -0.2) is 4.98 Å². The van der Waals surface area contributed by atoms with Gasteiger partial charge >= 0.3 is 5.97 Å². The van der Waals surface area contributed by atoms with E-state index in [2.05, 4.69) is 15.3 Å². The minimum atomic E-state index is -0.880. The summed E-state index contributed by atoms with van der Waals surface area (Å²) in [6.45, 7) is 4.20. The molecule has 0 saturated heterocycles. The molecular formula is C15H19N3O2S. The predicted molar refractivity (Wildman–Crippen MR) is 83.1 cm³/mol. The van der Waals surface area contributed by atoms with Gasteiger partial charge < -0.3 is 5.11 Å². The highest BCUT2D eigenvalue weighted by Crippen LogP contribution is 2.22. The van der Waals surface area contributed by atoms with Gasteiger partial charge in [-0.2, -0.15) is 0 Å². The Morgan fingerprint density at radius 1 is 1.38 bits per heavy atom. The highest BCUT2D eigenvalue weighted by atomic mass is 32.1. The van der Waals surface area contributed by atoms with E-state index in [9.17, 15) is 9.90 Å². The van der Waals surface area contributed by atoms with Crippen molar-refractivity contribution in [1.29, 1.82) is 0 Å². The van der Waals surface area contributed by atoms with Crippen molar-refractivity contribution in [2.24, 2.45) is 0 Å². The number of carbonyl (C=O) groups is 1. The molecule has 0 aliphatic rings. The number of aromatic nitrogens is 2. The molecule has 0 spiro atoms. The monoisotopic (exact) mass is 305 g/mol. The van der Waals surface area contributed by atoms with Crippen LogP contribution in [-0.4, -0.2) is 26.6 Å². The maximum Gasteiger partial charge on any atom is 0.323 e. The summed E-state index contributed by atoms with van der Waals surface area (Å²) < 4.78 is 0. The zero-order valence-electron chi connectivity index (χ0n) is 12.2. The van der Waals surface area contributed by atoms with Gasteiger partial charge in [-0.15, -0.1) is 11.3 Å². The molecule has 0 atom stereocenters. The Hall–Kier alpha value is -1.79. The SMILES string of the molecule is CCC(CC)(NCc1csc(-c2ccccn2)n1)C(=O)O. The first kappa shape index (κ1) is 15.6. The number of carboxylic acid groups (broad SMARTS) is 1. The Morgan fingerprint density at radius 3 is 2.71 bits per heavy atom. The number of thiazole rings is 1. The van der Waals surface area contributed by atoms with Crippen LogP contribution in [0, 0.1) is 0 Å². The van der Waals surface area contributed by atoms with Gasteiger partial charge in [-0.3, -0.25) is 15.1 Å². The van der Waals surface area contributed by atoms with E-state index in [1.807, 2.05) is 37.4 Å². The average molecular weight is 305 g/mol. The van der Waals surface area contributed by atoms with E-state index in [0.717, 1.165) is 16.4 Å². The Balaban J connectivity index is 2.08. The number of nitrogens with zero attached hydrogens (tertiary/aromatic N) is 2. The van der Waals surface area contributed by atoms with Crippen LogP contribution >= 0.6 is 11.3 Å². The van der Waals surface area contributed by atoms with Gasteiger partial charge in [0.05, 0.1) is 11.4 Å². The van der Waals surface area contributed by atoms with Crippen molar-refractivity contribution >= 4 is 17.3 Å². The average Bonchev–Trinajstić information content (AvgIpc) is 2.98. The molecule has 112 valence electrons. The van der Waals surface area contributed by atoms with Crippen LogP contribution in [0.1, 0.15) is 32.4 Å². The zero-order valence-corrected chi connectivity index (χ0v) is 13.0. The minimum absolute atomic E-state index is 0.442. The summed E-state index contributed by atoms with van der Waals surface area (Å²) in [7, 11) is 0. The molecule has 0 bridgehead atoms. The molecule has 0 aromatic carbocycles. The quantitative estimate of drug-likeness (QED) is 0.822. The maximum absolute atomic E-state index is 11.4. The van der Waals surface area contributed by atoms with Crippen LogP contribution in [0.2, 0.25) is 0 Å². The molecule has 0 radical (unpaired) electrons. The number of pyridine rings is 1. The third-order valence-electron chi connectivity index (χ3n) is 3.66. The Bertz CT molecular complexity index is 594. The van der Waals surface area contributed by atoms with Gasteiger partial charge in [0.2, 0.25) is 0 Å². The number of nitrogens with one attached hydrogen (secondary N) is 1. The second-order valence-corrected chi connectivity index (χ2v) is 5.66. The van der Waals surface area contributed by atoms with Crippen LogP contribution in [-0.2, 0) is 11.3 Å². The van der Waals surface area contributed by atoms with E-state index in [0.29, 0.717) is 19.4 Å². The number of hydrogen-bond acceptors (Lipinski definition) is 5. The van der Waals surface area contributed by atoms with Crippen molar-refractivity contribution in [3.63, 3.8) is 0 Å². The molecule has 0 aliphatic heterocycles. The van der Waals surface area contributed by atoms with Gasteiger partial charge in [0.15, 0.2) is 0 Å². The molecule has 0 amide bonds. The lowest BCUT2D eigenvalue weighted by atomic mass is 9.93. The molecule has 2 aromatic rings. The van der Waals surface area contributed by atoms with E-state index in [4.69, 9.17) is 0 Å². The van der Waals surface area contributed by atoms with Crippen molar-refractivity contribution in [3.8, 4) is 10.7 Å². The second kappa shape index (κ2) is 6.78. The molecular weight excluding hydrogens is 286 g/mol. The van der Waals surface area contributed by atoms with Gasteiger partial charge in [0, 0.05) is 18.1 Å². The molecule has 0 saturated carbocycles. The van der Waals surface area contributed by atoms with E-state index >= 15 is 0 Å². The second-order valence-electron chi connectivity index (χ2n) is 4.81. The summed E-state index contributed by atoms with van der Waals surface area (Å²) in [5.74, 6) is -0.812. The smallest absolute Gasteiger partial charge is 0.323 e. The normalized spacial score (nSPS) is 11.5. The lowest BCUT2D eigenvalue weighted by Gasteiger charge is -2.27. The van der Waals surface area contributed by atoms with Crippen molar-refractivity contribution in [3.05, 3.63) is 35.5 Å². The van der Waals surface area contributed by atoms with Crippen molar-refractivity contribution in [2.75, 3.05) is 0 Å². The molecule has 0 unspecified atom stereocenters. The molecule has 2 heterocycles. The highest BCUT2D eigenvalue weighted by molar-refractivity contribution is 7.13. The van der Waals surface area contributed by atoms with Crippen LogP contribution in [0.15, 0.2) is 29.8 Å². The predicted octanol–water partition coefficient (Wildman–Crippen LogP) is 2.94. The van der Waals surface area contributed by atoms with E-state index < -0.39 is 11.5 Å². The molecule has 21 heavy (non-hydrogen) atoms. The fourth-order valence-electron chi connectivity index (χ4n) is 2.13. The van der Waals surface area contributed by atoms with Gasteiger partial charge in [-0.1, -0.05) is 19.9 Å². The lowest BCUT2D eigenvalue weighted by Crippen LogP contribution is -2.50. The van der Waals surface area contributed by atoms with Crippen LogP contribution in [0.3, 0.4) is 0 Å². The van der Waals surface area contributed by atoms with E-state index in [1.54, 1.807) is 6.20 Å². The molecule has 2 aromatic heterocycles. The largest absolute Gasteiger partial charge is 0.480 e.